The van der Waals surface area contributed by atoms with Crippen molar-refractivity contribution in [3.63, 3.8) is 0 Å². The van der Waals surface area contributed by atoms with Crippen LogP contribution < -0.4 is 10.1 Å². The molecule has 0 saturated carbocycles. The minimum Gasteiger partial charge on any atom is -0.481 e. The van der Waals surface area contributed by atoms with Gasteiger partial charge < -0.3 is 15.2 Å². The van der Waals surface area contributed by atoms with Crippen molar-refractivity contribution in [3.8, 4) is 5.88 Å². The van der Waals surface area contributed by atoms with Gasteiger partial charge in [0, 0.05) is 24.2 Å². The molecule has 0 atom stereocenters. The first-order chi connectivity index (χ1) is 8.84. The van der Waals surface area contributed by atoms with E-state index in [0.717, 1.165) is 0 Å². The van der Waals surface area contributed by atoms with Gasteiger partial charge in [0.2, 0.25) is 5.88 Å². The molecule has 104 valence electrons. The lowest BCUT2D eigenvalue weighted by Crippen LogP contribution is -2.43. The van der Waals surface area contributed by atoms with Crippen molar-refractivity contribution < 1.29 is 19.4 Å². The van der Waals surface area contributed by atoms with E-state index in [1.165, 1.54) is 13.3 Å². The van der Waals surface area contributed by atoms with Crippen molar-refractivity contribution in [1.82, 2.24) is 10.3 Å². The van der Waals surface area contributed by atoms with Crippen LogP contribution in [0, 0.1) is 0 Å². The highest BCUT2D eigenvalue weighted by Crippen LogP contribution is 2.13. The van der Waals surface area contributed by atoms with Crippen molar-refractivity contribution in [2.75, 3.05) is 7.11 Å². The summed E-state index contributed by atoms with van der Waals surface area (Å²) in [5.74, 6) is -0.735. The summed E-state index contributed by atoms with van der Waals surface area (Å²) in [4.78, 5) is 26.4. The van der Waals surface area contributed by atoms with Crippen LogP contribution in [-0.2, 0) is 4.79 Å². The number of hydrogen-bond acceptors (Lipinski definition) is 4. The number of ether oxygens (including phenoxy) is 1. The fraction of sp³-hybridized carbons (Fsp3) is 0.462. The largest absolute Gasteiger partial charge is 0.481 e. The molecular weight excluding hydrogens is 248 g/mol. The monoisotopic (exact) mass is 266 g/mol. The van der Waals surface area contributed by atoms with Crippen molar-refractivity contribution in [3.05, 3.63) is 23.9 Å². The number of carboxylic acids is 1. The van der Waals surface area contributed by atoms with Gasteiger partial charge in [-0.05, 0) is 26.3 Å². The predicted molar refractivity (Wildman–Crippen MR) is 69.2 cm³/mol. The molecule has 0 fully saturated rings. The van der Waals surface area contributed by atoms with Crippen LogP contribution in [0.2, 0.25) is 0 Å². The fourth-order valence-corrected chi connectivity index (χ4v) is 1.50. The Morgan fingerprint density at radius 2 is 2.11 bits per heavy atom. The first kappa shape index (κ1) is 14.9. The molecule has 2 N–H and O–H groups in total. The van der Waals surface area contributed by atoms with E-state index in [0.29, 0.717) is 17.9 Å². The average molecular weight is 266 g/mol. The Labute approximate surface area is 111 Å². The number of aliphatic carboxylic acids is 1. The molecule has 0 aromatic carbocycles. The molecule has 0 unspecified atom stereocenters. The van der Waals surface area contributed by atoms with Gasteiger partial charge in [-0.2, -0.15) is 0 Å². The topological polar surface area (TPSA) is 88.5 Å². The Morgan fingerprint density at radius 3 is 2.58 bits per heavy atom. The standard InChI is InChI=1S/C13H18N2O4/c1-13(2,7-6-11(16)17)15-12(18)9-4-5-10(19-3)14-8-9/h4-5,8H,6-7H2,1-3H3,(H,15,18)(H,16,17). The molecule has 6 nitrogen and oxygen atoms in total. The molecule has 1 heterocycles. The molecule has 0 saturated heterocycles. The van der Waals surface area contributed by atoms with Gasteiger partial charge in [-0.25, -0.2) is 4.98 Å². The molecule has 0 aliphatic rings. The third-order valence-electron chi connectivity index (χ3n) is 2.62. The molecule has 0 radical (unpaired) electrons. The summed E-state index contributed by atoms with van der Waals surface area (Å²) in [7, 11) is 1.50. The number of hydrogen-bond donors (Lipinski definition) is 2. The van der Waals surface area contributed by atoms with Crippen LogP contribution in [0.15, 0.2) is 18.3 Å². The van der Waals surface area contributed by atoms with Gasteiger partial charge in [0.15, 0.2) is 0 Å². The highest BCUT2D eigenvalue weighted by atomic mass is 16.5. The molecule has 1 amide bonds. The summed E-state index contributed by atoms with van der Waals surface area (Å²) in [5, 5.41) is 11.4. The quantitative estimate of drug-likeness (QED) is 0.813. The maximum Gasteiger partial charge on any atom is 0.303 e. The second-order valence-electron chi connectivity index (χ2n) is 4.82. The van der Waals surface area contributed by atoms with Gasteiger partial charge in [-0.1, -0.05) is 0 Å². The first-order valence-electron chi connectivity index (χ1n) is 5.88. The number of nitrogens with zero attached hydrogens (tertiary/aromatic N) is 1. The summed E-state index contributed by atoms with van der Waals surface area (Å²) >= 11 is 0. The summed E-state index contributed by atoms with van der Waals surface area (Å²) in [6.07, 6.45) is 1.78. The summed E-state index contributed by atoms with van der Waals surface area (Å²) in [6.45, 7) is 3.57. The molecule has 1 aromatic heterocycles. The predicted octanol–water partition coefficient (Wildman–Crippen LogP) is 1.46. The average Bonchev–Trinajstić information content (AvgIpc) is 2.36. The molecule has 0 spiro atoms. The summed E-state index contributed by atoms with van der Waals surface area (Å²) in [6, 6.07) is 3.20. The van der Waals surface area contributed by atoms with Crippen LogP contribution in [0.1, 0.15) is 37.0 Å². The second kappa shape index (κ2) is 6.17. The SMILES string of the molecule is COc1ccc(C(=O)NC(C)(C)CCC(=O)O)cn1. The molecule has 19 heavy (non-hydrogen) atoms. The smallest absolute Gasteiger partial charge is 0.303 e. The minimum atomic E-state index is -0.881. The van der Waals surface area contributed by atoms with Gasteiger partial charge in [0.1, 0.15) is 0 Å². The second-order valence-corrected chi connectivity index (χ2v) is 4.82. The Hall–Kier alpha value is -2.11. The number of aromatic nitrogens is 1. The summed E-state index contributed by atoms with van der Waals surface area (Å²) in [5.41, 5.74) is -0.181. The zero-order valence-electron chi connectivity index (χ0n) is 11.3. The van der Waals surface area contributed by atoms with Crippen molar-refractivity contribution >= 4 is 11.9 Å². The molecule has 1 aromatic rings. The van der Waals surface area contributed by atoms with Crippen LogP contribution in [0.5, 0.6) is 5.88 Å². The third-order valence-corrected chi connectivity index (χ3v) is 2.62. The number of pyridine rings is 1. The van der Waals surface area contributed by atoms with Crippen molar-refractivity contribution in [1.29, 1.82) is 0 Å². The molecule has 0 bridgehead atoms. The van der Waals surface area contributed by atoms with Gasteiger partial charge in [-0.15, -0.1) is 0 Å². The first-order valence-corrected chi connectivity index (χ1v) is 5.88. The van der Waals surface area contributed by atoms with E-state index in [2.05, 4.69) is 10.3 Å². The van der Waals surface area contributed by atoms with Crippen LogP contribution in [0.3, 0.4) is 0 Å². The molecule has 0 aliphatic heterocycles. The van der Waals surface area contributed by atoms with Crippen LogP contribution in [0.4, 0.5) is 0 Å². The molecular formula is C13H18N2O4. The zero-order valence-corrected chi connectivity index (χ0v) is 11.3. The lowest BCUT2D eigenvalue weighted by molar-refractivity contribution is -0.137. The molecule has 0 aliphatic carbocycles. The van der Waals surface area contributed by atoms with E-state index in [9.17, 15) is 9.59 Å². The minimum absolute atomic E-state index is 0.00808. The Balaban J connectivity index is 2.64. The fourth-order valence-electron chi connectivity index (χ4n) is 1.50. The van der Waals surface area contributed by atoms with Gasteiger partial charge in [0.25, 0.3) is 5.91 Å². The summed E-state index contributed by atoms with van der Waals surface area (Å²) < 4.78 is 4.91. The molecule has 6 heteroatoms. The number of amides is 1. The third kappa shape index (κ3) is 4.95. The Kier molecular flexibility index (Phi) is 4.86. The molecule has 1 rings (SSSR count). The van der Waals surface area contributed by atoms with Crippen LogP contribution in [0.25, 0.3) is 0 Å². The maximum atomic E-state index is 12.0. The number of carbonyl (C=O) groups excluding carboxylic acids is 1. The van der Waals surface area contributed by atoms with Crippen LogP contribution >= 0.6 is 0 Å². The number of nitrogens with one attached hydrogen (secondary N) is 1. The van der Waals surface area contributed by atoms with Gasteiger partial charge in [-0.3, -0.25) is 9.59 Å². The lowest BCUT2D eigenvalue weighted by atomic mass is 9.98. The van der Waals surface area contributed by atoms with Gasteiger partial charge in [0.05, 0.1) is 12.7 Å². The van der Waals surface area contributed by atoms with E-state index in [-0.39, 0.29) is 12.3 Å². The van der Waals surface area contributed by atoms with E-state index in [4.69, 9.17) is 9.84 Å². The highest BCUT2D eigenvalue weighted by Gasteiger charge is 2.22. The Morgan fingerprint density at radius 1 is 1.42 bits per heavy atom. The van der Waals surface area contributed by atoms with E-state index in [1.807, 2.05) is 0 Å². The van der Waals surface area contributed by atoms with Gasteiger partial charge >= 0.3 is 5.97 Å². The van der Waals surface area contributed by atoms with E-state index < -0.39 is 11.5 Å². The lowest BCUT2D eigenvalue weighted by Gasteiger charge is -2.25. The number of rotatable bonds is 6. The Bertz CT molecular complexity index is 454. The maximum absolute atomic E-state index is 12.0. The number of carbonyl (C=O) groups is 2. The van der Waals surface area contributed by atoms with E-state index >= 15 is 0 Å². The van der Waals surface area contributed by atoms with Crippen LogP contribution in [-0.4, -0.2) is 34.6 Å². The highest BCUT2D eigenvalue weighted by molar-refractivity contribution is 5.94. The number of carboxylic acid groups (broad SMARTS) is 1. The normalized spacial score (nSPS) is 10.9. The number of methoxy groups -OCH3 is 1. The van der Waals surface area contributed by atoms with Crippen molar-refractivity contribution in [2.24, 2.45) is 0 Å². The van der Waals surface area contributed by atoms with Crippen molar-refractivity contribution in [2.45, 2.75) is 32.2 Å². The van der Waals surface area contributed by atoms with E-state index in [1.54, 1.807) is 26.0 Å². The zero-order chi connectivity index (χ0) is 14.5.